The van der Waals surface area contributed by atoms with Crippen molar-refractivity contribution in [3.8, 4) is 5.75 Å². The van der Waals surface area contributed by atoms with E-state index in [1.54, 1.807) is 6.07 Å². The summed E-state index contributed by atoms with van der Waals surface area (Å²) >= 11 is 7.89. The molecule has 1 aromatic carbocycles. The topological polar surface area (TPSA) is 27.1 Å². The molecule has 0 amide bonds. The van der Waals surface area contributed by atoms with Crippen LogP contribution in [0.3, 0.4) is 0 Å². The average molecular weight is 329 g/mol. The molecule has 0 bridgehead atoms. The summed E-state index contributed by atoms with van der Waals surface area (Å²) in [7, 11) is 1.49. The van der Waals surface area contributed by atoms with Gasteiger partial charge in [-0.1, -0.05) is 0 Å². The molecule has 3 nitrogen and oxygen atoms in total. The van der Waals surface area contributed by atoms with E-state index in [2.05, 4.69) is 9.55 Å². The van der Waals surface area contributed by atoms with Crippen LogP contribution in [0.4, 0.5) is 4.39 Å². The maximum Gasteiger partial charge on any atom is 0.167 e. The first-order valence-electron chi connectivity index (χ1n) is 7.12. The molecule has 0 spiro atoms. The first kappa shape index (κ1) is 15.0. The molecule has 0 saturated carbocycles. The summed E-state index contributed by atoms with van der Waals surface area (Å²) in [5, 5.41) is 0. The number of thioether (sulfide) groups is 1. The SMILES string of the molecule is COc1cc2c(cc1F)nc(CCCl)n2C1CCSCC1. The molecule has 0 atom stereocenters. The molecule has 0 radical (unpaired) electrons. The third-order valence-corrected chi connectivity index (χ3v) is 5.15. The highest BCUT2D eigenvalue weighted by atomic mass is 35.5. The van der Waals surface area contributed by atoms with E-state index >= 15 is 0 Å². The minimum absolute atomic E-state index is 0.270. The molecule has 0 unspecified atom stereocenters. The number of aryl methyl sites for hydroxylation is 1. The molecule has 0 N–H and O–H groups in total. The summed E-state index contributed by atoms with van der Waals surface area (Å²) < 4.78 is 21.3. The standard InChI is InChI=1S/C15H18ClFN2OS/c1-20-14-9-13-12(8-11(14)17)18-15(2-5-16)19(13)10-3-6-21-7-4-10/h8-10H,2-7H2,1H3. The first-order chi connectivity index (χ1) is 10.2. The summed E-state index contributed by atoms with van der Waals surface area (Å²) in [6.45, 7) is 0. The van der Waals surface area contributed by atoms with Gasteiger partial charge in [0.2, 0.25) is 0 Å². The third kappa shape index (κ3) is 2.86. The highest BCUT2D eigenvalue weighted by Gasteiger charge is 2.22. The minimum Gasteiger partial charge on any atom is -0.494 e. The number of imidazole rings is 1. The molecule has 21 heavy (non-hydrogen) atoms. The Balaban J connectivity index is 2.14. The number of aromatic nitrogens is 2. The van der Waals surface area contributed by atoms with E-state index < -0.39 is 0 Å². The molecular formula is C15H18ClFN2OS. The molecule has 2 heterocycles. The average Bonchev–Trinajstić information content (AvgIpc) is 2.84. The molecule has 6 heteroatoms. The van der Waals surface area contributed by atoms with Crippen LogP contribution < -0.4 is 4.74 Å². The van der Waals surface area contributed by atoms with Crippen LogP contribution in [0.25, 0.3) is 11.0 Å². The maximum absolute atomic E-state index is 13.9. The van der Waals surface area contributed by atoms with Gasteiger partial charge in [-0.05, 0) is 24.3 Å². The number of methoxy groups -OCH3 is 1. The Morgan fingerprint density at radius 1 is 1.43 bits per heavy atom. The fourth-order valence-electron chi connectivity index (χ4n) is 2.91. The number of ether oxygens (including phenoxy) is 1. The number of benzene rings is 1. The second-order valence-electron chi connectivity index (χ2n) is 5.16. The zero-order chi connectivity index (χ0) is 14.8. The van der Waals surface area contributed by atoms with Crippen molar-refractivity contribution >= 4 is 34.4 Å². The quantitative estimate of drug-likeness (QED) is 0.793. The Kier molecular flexibility index (Phi) is 4.60. The second kappa shape index (κ2) is 6.44. The smallest absolute Gasteiger partial charge is 0.167 e. The van der Waals surface area contributed by atoms with Crippen molar-refractivity contribution in [2.24, 2.45) is 0 Å². The van der Waals surface area contributed by atoms with Gasteiger partial charge in [0.25, 0.3) is 0 Å². The first-order valence-corrected chi connectivity index (χ1v) is 8.81. The van der Waals surface area contributed by atoms with Crippen molar-refractivity contribution < 1.29 is 9.13 Å². The van der Waals surface area contributed by atoms with Crippen molar-refractivity contribution in [1.82, 2.24) is 9.55 Å². The molecule has 3 rings (SSSR count). The van der Waals surface area contributed by atoms with Gasteiger partial charge in [-0.25, -0.2) is 9.37 Å². The van der Waals surface area contributed by atoms with Gasteiger partial charge >= 0.3 is 0 Å². The lowest BCUT2D eigenvalue weighted by Gasteiger charge is -2.25. The molecule has 1 fully saturated rings. The predicted octanol–water partition coefficient (Wildman–Crippen LogP) is 4.03. The van der Waals surface area contributed by atoms with Gasteiger partial charge in [0.15, 0.2) is 11.6 Å². The third-order valence-electron chi connectivity index (χ3n) is 3.91. The van der Waals surface area contributed by atoms with Crippen LogP contribution in [0.1, 0.15) is 24.7 Å². The molecular weight excluding hydrogens is 311 g/mol. The van der Waals surface area contributed by atoms with Crippen molar-refractivity contribution in [2.45, 2.75) is 25.3 Å². The second-order valence-corrected chi connectivity index (χ2v) is 6.76. The number of hydrogen-bond donors (Lipinski definition) is 0. The van der Waals surface area contributed by atoms with E-state index in [0.29, 0.717) is 23.9 Å². The van der Waals surface area contributed by atoms with Crippen LogP contribution in [0.5, 0.6) is 5.75 Å². The highest BCUT2D eigenvalue weighted by molar-refractivity contribution is 7.99. The summed E-state index contributed by atoms with van der Waals surface area (Å²) in [6, 6.07) is 3.64. The van der Waals surface area contributed by atoms with Crippen molar-refractivity contribution in [1.29, 1.82) is 0 Å². The fraction of sp³-hybridized carbons (Fsp3) is 0.533. The molecule has 1 saturated heterocycles. The van der Waals surface area contributed by atoms with E-state index in [1.807, 2.05) is 11.8 Å². The molecule has 1 aromatic heterocycles. The van der Waals surface area contributed by atoms with Gasteiger partial charge < -0.3 is 9.30 Å². The predicted molar refractivity (Wildman–Crippen MR) is 86.3 cm³/mol. The van der Waals surface area contributed by atoms with E-state index in [4.69, 9.17) is 16.3 Å². The monoisotopic (exact) mass is 328 g/mol. The molecule has 1 aliphatic rings. The van der Waals surface area contributed by atoms with Crippen LogP contribution in [0.15, 0.2) is 12.1 Å². The summed E-state index contributed by atoms with van der Waals surface area (Å²) in [6.07, 6.45) is 2.93. The van der Waals surface area contributed by atoms with Gasteiger partial charge in [0, 0.05) is 30.5 Å². The number of hydrogen-bond acceptors (Lipinski definition) is 3. The fourth-order valence-corrected chi connectivity index (χ4v) is 4.17. The Labute approximate surface area is 132 Å². The Hall–Kier alpha value is -0.940. The Morgan fingerprint density at radius 2 is 2.19 bits per heavy atom. The summed E-state index contributed by atoms with van der Waals surface area (Å²) in [5.41, 5.74) is 1.64. The minimum atomic E-state index is -0.369. The highest BCUT2D eigenvalue weighted by Crippen LogP contribution is 2.34. The van der Waals surface area contributed by atoms with Gasteiger partial charge in [-0.3, -0.25) is 0 Å². The van der Waals surface area contributed by atoms with Gasteiger partial charge in [0.05, 0.1) is 18.1 Å². The van der Waals surface area contributed by atoms with Gasteiger partial charge in [0.1, 0.15) is 5.82 Å². The van der Waals surface area contributed by atoms with Crippen LogP contribution in [-0.2, 0) is 6.42 Å². The molecule has 2 aromatic rings. The zero-order valence-corrected chi connectivity index (χ0v) is 13.5. The van der Waals surface area contributed by atoms with Crippen molar-refractivity contribution in [3.63, 3.8) is 0 Å². The van der Waals surface area contributed by atoms with E-state index in [9.17, 15) is 4.39 Å². The van der Waals surface area contributed by atoms with Crippen molar-refractivity contribution in [2.75, 3.05) is 24.5 Å². The number of nitrogens with zero attached hydrogens (tertiary/aromatic N) is 2. The lowest BCUT2D eigenvalue weighted by atomic mass is 10.1. The van der Waals surface area contributed by atoms with Gasteiger partial charge in [-0.2, -0.15) is 11.8 Å². The van der Waals surface area contributed by atoms with Crippen LogP contribution in [-0.4, -0.2) is 34.0 Å². The number of rotatable bonds is 4. The molecule has 0 aliphatic carbocycles. The van der Waals surface area contributed by atoms with Gasteiger partial charge in [-0.15, -0.1) is 11.6 Å². The Morgan fingerprint density at radius 3 is 2.86 bits per heavy atom. The van der Waals surface area contributed by atoms with E-state index in [-0.39, 0.29) is 11.6 Å². The lowest BCUT2D eigenvalue weighted by Crippen LogP contribution is -2.17. The summed E-state index contributed by atoms with van der Waals surface area (Å²) in [4.78, 5) is 4.59. The van der Waals surface area contributed by atoms with E-state index in [0.717, 1.165) is 35.7 Å². The normalized spacial score (nSPS) is 16.5. The maximum atomic E-state index is 13.9. The van der Waals surface area contributed by atoms with Crippen LogP contribution >= 0.6 is 23.4 Å². The molecule has 1 aliphatic heterocycles. The van der Waals surface area contributed by atoms with Crippen molar-refractivity contribution in [3.05, 3.63) is 23.8 Å². The number of halogens is 2. The van der Waals surface area contributed by atoms with Crippen LogP contribution in [0.2, 0.25) is 0 Å². The van der Waals surface area contributed by atoms with Crippen LogP contribution in [0, 0.1) is 5.82 Å². The Bertz CT molecular complexity index is 640. The summed E-state index contributed by atoms with van der Waals surface area (Å²) in [5.74, 6) is 3.68. The molecule has 114 valence electrons. The zero-order valence-electron chi connectivity index (χ0n) is 11.9. The number of alkyl halides is 1. The largest absolute Gasteiger partial charge is 0.494 e. The van der Waals surface area contributed by atoms with E-state index in [1.165, 1.54) is 13.2 Å². The lowest BCUT2D eigenvalue weighted by molar-refractivity contribution is 0.387. The number of fused-ring (bicyclic) bond motifs is 1.